The molecule has 0 radical (unpaired) electrons. The van der Waals surface area contributed by atoms with Gasteiger partial charge in [-0.3, -0.25) is 4.79 Å². The highest BCUT2D eigenvalue weighted by Crippen LogP contribution is 2.35. The Morgan fingerprint density at radius 3 is 2.68 bits per heavy atom. The first-order valence-corrected chi connectivity index (χ1v) is 7.82. The molecule has 0 saturated carbocycles. The molecule has 5 heteroatoms. The number of hydrogen-bond donors (Lipinski definition) is 1. The Labute approximate surface area is 131 Å². The quantitative estimate of drug-likeness (QED) is 0.749. The first-order valence-electron chi connectivity index (χ1n) is 7.00. The molecule has 3 aromatic rings. The smallest absolute Gasteiger partial charge is 0.343 e. The first-order chi connectivity index (χ1) is 10.6. The summed E-state index contributed by atoms with van der Waals surface area (Å²) < 4.78 is 4.93. The van der Waals surface area contributed by atoms with Crippen LogP contribution >= 0.6 is 11.3 Å². The van der Waals surface area contributed by atoms with E-state index in [0.29, 0.717) is 5.39 Å². The summed E-state index contributed by atoms with van der Waals surface area (Å²) in [4.78, 5) is 29.3. The number of carbonyl (C=O) groups is 1. The summed E-state index contributed by atoms with van der Waals surface area (Å²) in [6.07, 6.45) is 1.44. The lowest BCUT2D eigenvalue weighted by molar-refractivity contribution is 0.0524. The molecule has 0 saturated heterocycles. The van der Waals surface area contributed by atoms with Gasteiger partial charge in [0.05, 0.1) is 12.0 Å². The molecule has 2 heterocycles. The van der Waals surface area contributed by atoms with Gasteiger partial charge in [-0.1, -0.05) is 30.3 Å². The first kappa shape index (κ1) is 14.5. The van der Waals surface area contributed by atoms with E-state index in [4.69, 9.17) is 4.74 Å². The monoisotopic (exact) mass is 313 g/mol. The molecule has 0 bridgehead atoms. The third kappa shape index (κ3) is 2.33. The number of nitrogens with one attached hydrogen (secondary N) is 1. The van der Waals surface area contributed by atoms with Gasteiger partial charge >= 0.3 is 5.97 Å². The van der Waals surface area contributed by atoms with E-state index in [1.165, 1.54) is 17.5 Å². The number of rotatable bonds is 3. The fraction of sp³-hybridized carbons (Fsp3) is 0.176. The summed E-state index contributed by atoms with van der Waals surface area (Å²) in [6.45, 7) is 3.87. The standard InChI is InChI=1S/C17H15NO3S/c1-3-21-17(20)12-9-18-16-13(14(12)19)10(2)15(22-16)11-7-5-4-6-8-11/h4-9H,3H2,1-2H3,(H,18,19). The SMILES string of the molecule is CCOC(=O)c1c[nH]c2sc(-c3ccccc3)c(C)c2c1=O. The number of aryl methyl sites for hydroxylation is 1. The van der Waals surface area contributed by atoms with Crippen molar-refractivity contribution in [3.05, 3.63) is 57.9 Å². The zero-order chi connectivity index (χ0) is 15.7. The van der Waals surface area contributed by atoms with Crippen molar-refractivity contribution in [3.8, 4) is 10.4 Å². The number of pyridine rings is 1. The molecule has 22 heavy (non-hydrogen) atoms. The molecule has 0 fully saturated rings. The number of esters is 1. The second kappa shape index (κ2) is 5.77. The van der Waals surface area contributed by atoms with Crippen molar-refractivity contribution in [2.75, 3.05) is 6.61 Å². The van der Waals surface area contributed by atoms with Gasteiger partial charge in [-0.15, -0.1) is 11.3 Å². The van der Waals surface area contributed by atoms with Crippen molar-refractivity contribution in [2.24, 2.45) is 0 Å². The topological polar surface area (TPSA) is 59.2 Å². The maximum atomic E-state index is 12.6. The van der Waals surface area contributed by atoms with E-state index in [2.05, 4.69) is 4.98 Å². The number of aromatic amines is 1. The van der Waals surface area contributed by atoms with Crippen LogP contribution in [0.5, 0.6) is 0 Å². The van der Waals surface area contributed by atoms with Crippen LogP contribution in [0.4, 0.5) is 0 Å². The van der Waals surface area contributed by atoms with Crippen LogP contribution < -0.4 is 5.43 Å². The summed E-state index contributed by atoms with van der Waals surface area (Å²) >= 11 is 1.52. The minimum atomic E-state index is -0.586. The molecule has 0 aliphatic carbocycles. The summed E-state index contributed by atoms with van der Waals surface area (Å²) in [5.41, 5.74) is 1.73. The number of hydrogen-bond acceptors (Lipinski definition) is 4. The van der Waals surface area contributed by atoms with Crippen molar-refractivity contribution in [1.29, 1.82) is 0 Å². The van der Waals surface area contributed by atoms with E-state index in [-0.39, 0.29) is 17.6 Å². The molecule has 2 aromatic heterocycles. The van der Waals surface area contributed by atoms with E-state index < -0.39 is 5.97 Å². The molecule has 1 N–H and O–H groups in total. The molecule has 0 amide bonds. The number of aromatic nitrogens is 1. The van der Waals surface area contributed by atoms with Gasteiger partial charge < -0.3 is 9.72 Å². The largest absolute Gasteiger partial charge is 0.462 e. The summed E-state index contributed by atoms with van der Waals surface area (Å²) in [5.74, 6) is -0.586. The molecule has 1 aromatic carbocycles. The Hall–Kier alpha value is -2.40. The van der Waals surface area contributed by atoms with E-state index >= 15 is 0 Å². The van der Waals surface area contributed by atoms with Gasteiger partial charge in [0.25, 0.3) is 0 Å². The average Bonchev–Trinajstić information content (AvgIpc) is 2.86. The van der Waals surface area contributed by atoms with Crippen LogP contribution in [0.25, 0.3) is 20.7 Å². The predicted octanol–water partition coefficient (Wildman–Crippen LogP) is 3.74. The van der Waals surface area contributed by atoms with Gasteiger partial charge in [-0.05, 0) is 25.0 Å². The number of fused-ring (bicyclic) bond motifs is 1. The Kier molecular flexibility index (Phi) is 3.81. The molecule has 0 atom stereocenters. The van der Waals surface area contributed by atoms with Gasteiger partial charge in [0.1, 0.15) is 10.4 Å². The van der Waals surface area contributed by atoms with Crippen molar-refractivity contribution in [3.63, 3.8) is 0 Å². The summed E-state index contributed by atoms with van der Waals surface area (Å²) in [5, 5.41) is 0.564. The zero-order valence-electron chi connectivity index (χ0n) is 12.3. The fourth-order valence-electron chi connectivity index (χ4n) is 2.45. The van der Waals surface area contributed by atoms with E-state index in [9.17, 15) is 9.59 Å². The molecule has 112 valence electrons. The second-order valence-corrected chi connectivity index (χ2v) is 5.90. The van der Waals surface area contributed by atoms with Crippen molar-refractivity contribution >= 4 is 27.5 Å². The van der Waals surface area contributed by atoms with Crippen LogP contribution in [0.1, 0.15) is 22.8 Å². The van der Waals surface area contributed by atoms with E-state index in [0.717, 1.165) is 20.8 Å². The Morgan fingerprint density at radius 2 is 2.00 bits per heavy atom. The average molecular weight is 313 g/mol. The van der Waals surface area contributed by atoms with Gasteiger partial charge in [0.2, 0.25) is 5.43 Å². The van der Waals surface area contributed by atoms with Gasteiger partial charge in [-0.25, -0.2) is 4.79 Å². The number of carbonyl (C=O) groups excluding carboxylic acids is 1. The molecule has 3 rings (SSSR count). The lowest BCUT2D eigenvalue weighted by atomic mass is 10.1. The predicted molar refractivity (Wildman–Crippen MR) is 88.6 cm³/mol. The number of benzene rings is 1. The van der Waals surface area contributed by atoms with Crippen LogP contribution in [-0.2, 0) is 4.74 Å². The number of H-pyrrole nitrogens is 1. The van der Waals surface area contributed by atoms with Gasteiger partial charge in [0, 0.05) is 11.1 Å². The summed E-state index contributed by atoms with van der Waals surface area (Å²) in [7, 11) is 0. The maximum Gasteiger partial charge on any atom is 0.343 e. The molecular weight excluding hydrogens is 298 g/mol. The molecular formula is C17H15NO3S. The van der Waals surface area contributed by atoms with E-state index in [1.54, 1.807) is 6.92 Å². The Bertz CT molecular complexity index is 893. The van der Waals surface area contributed by atoms with Gasteiger partial charge in [-0.2, -0.15) is 0 Å². The molecule has 4 nitrogen and oxygen atoms in total. The highest BCUT2D eigenvalue weighted by atomic mass is 32.1. The molecule has 0 unspecified atom stereocenters. The lowest BCUT2D eigenvalue weighted by Crippen LogP contribution is -2.17. The van der Waals surface area contributed by atoms with Gasteiger partial charge in [0.15, 0.2) is 0 Å². The van der Waals surface area contributed by atoms with Crippen LogP contribution in [0.2, 0.25) is 0 Å². The van der Waals surface area contributed by atoms with Crippen molar-refractivity contribution in [1.82, 2.24) is 4.98 Å². The normalized spacial score (nSPS) is 10.8. The summed E-state index contributed by atoms with van der Waals surface area (Å²) in [6, 6.07) is 9.90. The van der Waals surface area contributed by atoms with Crippen molar-refractivity contribution in [2.45, 2.75) is 13.8 Å². The highest BCUT2D eigenvalue weighted by molar-refractivity contribution is 7.22. The second-order valence-electron chi connectivity index (χ2n) is 4.88. The highest BCUT2D eigenvalue weighted by Gasteiger charge is 2.19. The Balaban J connectivity index is 2.22. The molecule has 0 aliphatic rings. The lowest BCUT2D eigenvalue weighted by Gasteiger charge is -2.01. The molecule has 0 aliphatic heterocycles. The maximum absolute atomic E-state index is 12.6. The van der Waals surface area contributed by atoms with Crippen LogP contribution in [0.15, 0.2) is 41.3 Å². The third-order valence-electron chi connectivity index (χ3n) is 3.50. The van der Waals surface area contributed by atoms with Crippen LogP contribution in [0, 0.1) is 6.92 Å². The van der Waals surface area contributed by atoms with Crippen molar-refractivity contribution < 1.29 is 9.53 Å². The minimum absolute atomic E-state index is 0.0508. The zero-order valence-corrected chi connectivity index (χ0v) is 13.1. The minimum Gasteiger partial charge on any atom is -0.462 e. The number of thiophene rings is 1. The fourth-order valence-corrected chi connectivity index (χ4v) is 3.63. The molecule has 0 spiro atoms. The third-order valence-corrected chi connectivity index (χ3v) is 4.77. The number of ether oxygens (including phenoxy) is 1. The van der Waals surface area contributed by atoms with E-state index in [1.807, 2.05) is 37.3 Å². The van der Waals surface area contributed by atoms with Crippen LogP contribution in [0.3, 0.4) is 0 Å². The Morgan fingerprint density at radius 1 is 1.27 bits per heavy atom. The van der Waals surface area contributed by atoms with Crippen LogP contribution in [-0.4, -0.2) is 17.6 Å².